The van der Waals surface area contributed by atoms with Crippen molar-refractivity contribution in [2.45, 2.75) is 12.8 Å². The fraction of sp³-hybridized carbons (Fsp3) is 0.500. The van der Waals surface area contributed by atoms with E-state index in [1.54, 1.807) is 6.08 Å². The van der Waals surface area contributed by atoms with Gasteiger partial charge in [0.15, 0.2) is 0 Å². The normalized spacial score (nSPS) is 14.8. The molecule has 86 valence electrons. The highest BCUT2D eigenvalue weighted by Crippen LogP contribution is 2.16. The number of aromatic nitrogens is 3. The zero-order valence-electron chi connectivity index (χ0n) is 8.89. The first-order valence-corrected chi connectivity index (χ1v) is 5.14. The second-order valence-corrected chi connectivity index (χ2v) is 3.19. The highest BCUT2D eigenvalue weighted by Gasteiger charge is 2.11. The largest absolute Gasteiger partial charge is 0.463 e. The molecule has 6 heteroatoms. The van der Waals surface area contributed by atoms with Crippen molar-refractivity contribution in [3.63, 3.8) is 0 Å². The first kappa shape index (κ1) is 10.7. The van der Waals surface area contributed by atoms with Crippen molar-refractivity contribution >= 4 is 0 Å². The Morgan fingerprint density at radius 1 is 1.12 bits per heavy atom. The van der Waals surface area contributed by atoms with Crippen molar-refractivity contribution < 1.29 is 14.2 Å². The molecule has 0 unspecified atom stereocenters. The van der Waals surface area contributed by atoms with Gasteiger partial charge in [0.25, 0.3) is 0 Å². The monoisotopic (exact) mass is 223 g/mol. The lowest BCUT2D eigenvalue weighted by Crippen LogP contribution is -2.05. The van der Waals surface area contributed by atoms with Crippen molar-refractivity contribution in [1.82, 2.24) is 15.0 Å². The van der Waals surface area contributed by atoms with Gasteiger partial charge in [-0.05, 0) is 12.8 Å². The van der Waals surface area contributed by atoms with Crippen LogP contribution in [0.2, 0.25) is 0 Å². The molecule has 0 spiro atoms. The molecule has 0 aromatic carbocycles. The van der Waals surface area contributed by atoms with E-state index in [1.165, 1.54) is 0 Å². The molecule has 0 amide bonds. The molecule has 2 heterocycles. The van der Waals surface area contributed by atoms with E-state index in [2.05, 4.69) is 21.5 Å². The third-order valence-corrected chi connectivity index (χ3v) is 1.91. The van der Waals surface area contributed by atoms with Crippen molar-refractivity contribution in [3.8, 4) is 18.0 Å². The topological polar surface area (TPSA) is 66.4 Å². The summed E-state index contributed by atoms with van der Waals surface area (Å²) in [7, 11) is 0. The lowest BCUT2D eigenvalue weighted by Gasteiger charge is -2.05. The summed E-state index contributed by atoms with van der Waals surface area (Å²) < 4.78 is 15.9. The van der Waals surface area contributed by atoms with E-state index < -0.39 is 0 Å². The van der Waals surface area contributed by atoms with Gasteiger partial charge in [-0.15, -0.1) is 15.0 Å². The molecule has 16 heavy (non-hydrogen) atoms. The number of fused-ring (bicyclic) bond motifs is 2. The highest BCUT2D eigenvalue weighted by molar-refractivity contribution is 5.09. The second kappa shape index (κ2) is 5.29. The summed E-state index contributed by atoms with van der Waals surface area (Å²) in [5.74, 6) is 0. The molecule has 2 rings (SSSR count). The Hall–Kier alpha value is -1.85. The first-order chi connectivity index (χ1) is 7.88. The molecule has 1 aromatic rings. The quantitative estimate of drug-likeness (QED) is 0.712. The molecular weight excluding hydrogens is 210 g/mol. The fourth-order valence-corrected chi connectivity index (χ4v) is 1.18. The van der Waals surface area contributed by atoms with Gasteiger partial charge < -0.3 is 14.2 Å². The SMILES string of the molecule is C=CCOc1nc2nc(n1)OCCCCO2. The van der Waals surface area contributed by atoms with Crippen LogP contribution < -0.4 is 14.2 Å². The van der Waals surface area contributed by atoms with Crippen molar-refractivity contribution in [1.29, 1.82) is 0 Å². The smallest absolute Gasteiger partial charge is 0.326 e. The Morgan fingerprint density at radius 3 is 2.31 bits per heavy atom. The fourth-order valence-electron chi connectivity index (χ4n) is 1.18. The summed E-state index contributed by atoms with van der Waals surface area (Å²) in [5.41, 5.74) is 0. The summed E-state index contributed by atoms with van der Waals surface area (Å²) in [4.78, 5) is 12.0. The van der Waals surface area contributed by atoms with E-state index in [4.69, 9.17) is 14.2 Å². The van der Waals surface area contributed by atoms with Crippen LogP contribution in [0.4, 0.5) is 0 Å². The maximum absolute atomic E-state index is 5.34. The zero-order valence-corrected chi connectivity index (χ0v) is 8.89. The Labute approximate surface area is 93.3 Å². The van der Waals surface area contributed by atoms with Gasteiger partial charge in [0, 0.05) is 0 Å². The molecule has 0 fully saturated rings. The predicted octanol–water partition coefficient (Wildman–Crippen LogP) is 0.988. The molecular formula is C10H13N3O3. The van der Waals surface area contributed by atoms with E-state index >= 15 is 0 Å². The lowest BCUT2D eigenvalue weighted by atomic mass is 10.3. The van der Waals surface area contributed by atoms with Crippen LogP contribution in [0, 0.1) is 0 Å². The van der Waals surface area contributed by atoms with Gasteiger partial charge in [0.1, 0.15) is 6.61 Å². The van der Waals surface area contributed by atoms with E-state index in [9.17, 15) is 0 Å². The average Bonchev–Trinajstić information content (AvgIpc) is 2.37. The van der Waals surface area contributed by atoms with Crippen LogP contribution in [0.15, 0.2) is 12.7 Å². The molecule has 0 saturated heterocycles. The minimum atomic E-state index is 0.196. The standard InChI is InChI=1S/C10H13N3O3/c1-2-5-14-8-11-9-13-10(12-8)16-7-4-3-6-15-9/h2H,1,3-7H2. The molecule has 1 aliphatic heterocycles. The average molecular weight is 223 g/mol. The Morgan fingerprint density at radius 2 is 1.75 bits per heavy atom. The van der Waals surface area contributed by atoms with Crippen LogP contribution >= 0.6 is 0 Å². The van der Waals surface area contributed by atoms with Crippen molar-refractivity contribution in [2.24, 2.45) is 0 Å². The van der Waals surface area contributed by atoms with Gasteiger partial charge in [-0.1, -0.05) is 12.7 Å². The first-order valence-electron chi connectivity index (χ1n) is 5.14. The van der Waals surface area contributed by atoms with Crippen LogP contribution in [0.5, 0.6) is 18.0 Å². The van der Waals surface area contributed by atoms with Crippen LogP contribution in [0.25, 0.3) is 0 Å². The number of hydrogen-bond acceptors (Lipinski definition) is 6. The molecule has 0 saturated carbocycles. The van der Waals surface area contributed by atoms with Crippen LogP contribution in [0.1, 0.15) is 12.8 Å². The summed E-state index contributed by atoms with van der Waals surface area (Å²) in [5, 5.41) is 0. The van der Waals surface area contributed by atoms with E-state index in [0.717, 1.165) is 12.8 Å². The predicted molar refractivity (Wildman–Crippen MR) is 55.7 cm³/mol. The molecule has 6 nitrogen and oxygen atoms in total. The van der Waals surface area contributed by atoms with E-state index in [1.807, 2.05) is 0 Å². The molecule has 2 bridgehead atoms. The maximum atomic E-state index is 5.34. The van der Waals surface area contributed by atoms with Crippen LogP contribution in [0.3, 0.4) is 0 Å². The number of rotatable bonds is 3. The van der Waals surface area contributed by atoms with Gasteiger partial charge >= 0.3 is 18.0 Å². The zero-order chi connectivity index (χ0) is 11.2. The third kappa shape index (κ3) is 2.82. The minimum Gasteiger partial charge on any atom is -0.463 e. The summed E-state index contributed by atoms with van der Waals surface area (Å²) >= 11 is 0. The van der Waals surface area contributed by atoms with Gasteiger partial charge in [-0.25, -0.2) is 0 Å². The van der Waals surface area contributed by atoms with E-state index in [0.29, 0.717) is 19.8 Å². The van der Waals surface area contributed by atoms with Gasteiger partial charge in [-0.3, -0.25) is 0 Å². The molecule has 0 radical (unpaired) electrons. The van der Waals surface area contributed by atoms with E-state index in [-0.39, 0.29) is 18.0 Å². The highest BCUT2D eigenvalue weighted by atomic mass is 16.5. The van der Waals surface area contributed by atoms with Crippen molar-refractivity contribution in [3.05, 3.63) is 12.7 Å². The Kier molecular flexibility index (Phi) is 3.53. The van der Waals surface area contributed by atoms with Gasteiger partial charge in [0.2, 0.25) is 0 Å². The summed E-state index contributed by atoms with van der Waals surface area (Å²) in [6, 6.07) is 0.679. The molecule has 0 atom stereocenters. The molecule has 1 aromatic heterocycles. The number of ether oxygens (including phenoxy) is 3. The maximum Gasteiger partial charge on any atom is 0.326 e. The van der Waals surface area contributed by atoms with Crippen LogP contribution in [-0.2, 0) is 0 Å². The van der Waals surface area contributed by atoms with Crippen molar-refractivity contribution in [2.75, 3.05) is 19.8 Å². The molecule has 0 aliphatic carbocycles. The Balaban J connectivity index is 2.17. The summed E-state index contributed by atoms with van der Waals surface area (Å²) in [6.07, 6.45) is 3.43. The minimum absolute atomic E-state index is 0.196. The van der Waals surface area contributed by atoms with Gasteiger partial charge in [-0.2, -0.15) is 0 Å². The summed E-state index contributed by atoms with van der Waals surface area (Å²) in [6.45, 7) is 5.03. The molecule has 0 N–H and O–H groups in total. The van der Waals surface area contributed by atoms with Crippen LogP contribution in [-0.4, -0.2) is 34.8 Å². The second-order valence-electron chi connectivity index (χ2n) is 3.19. The number of hydrogen-bond donors (Lipinski definition) is 0. The lowest BCUT2D eigenvalue weighted by molar-refractivity contribution is 0.269. The third-order valence-electron chi connectivity index (χ3n) is 1.91. The number of nitrogens with zero attached hydrogens (tertiary/aromatic N) is 3. The molecule has 1 aliphatic rings. The van der Waals surface area contributed by atoms with Gasteiger partial charge in [0.05, 0.1) is 13.2 Å². The Bertz CT molecular complexity index is 344.